The van der Waals surface area contributed by atoms with E-state index in [-0.39, 0.29) is 6.03 Å². The fourth-order valence-electron chi connectivity index (χ4n) is 3.43. The van der Waals surface area contributed by atoms with Gasteiger partial charge in [0.1, 0.15) is 5.82 Å². The van der Waals surface area contributed by atoms with Gasteiger partial charge in [-0.2, -0.15) is 0 Å². The van der Waals surface area contributed by atoms with E-state index in [1.54, 1.807) is 0 Å². The van der Waals surface area contributed by atoms with Gasteiger partial charge in [0.15, 0.2) is 0 Å². The minimum atomic E-state index is 0.0990. The molecular weight excluding hydrogens is 308 g/mol. The van der Waals surface area contributed by atoms with E-state index in [9.17, 15) is 4.79 Å². The molecule has 1 saturated carbocycles. The van der Waals surface area contributed by atoms with Crippen LogP contribution in [0.3, 0.4) is 0 Å². The van der Waals surface area contributed by atoms with Crippen molar-refractivity contribution in [2.75, 3.05) is 46.1 Å². The highest BCUT2D eigenvalue weighted by Gasteiger charge is 2.30. The highest BCUT2D eigenvalue weighted by atomic mass is 16.5. The average Bonchev–Trinajstić information content (AvgIpc) is 3.37. The zero-order valence-corrected chi connectivity index (χ0v) is 14.1. The van der Waals surface area contributed by atoms with Crippen LogP contribution in [0, 0.1) is 11.8 Å². The van der Waals surface area contributed by atoms with E-state index in [1.807, 2.05) is 22.2 Å². The number of hydrogen-bond donors (Lipinski definition) is 0. The van der Waals surface area contributed by atoms with Crippen LogP contribution in [-0.4, -0.2) is 71.4 Å². The molecule has 1 aromatic heterocycles. The fraction of sp³-hybridized carbons (Fsp3) is 0.765. The minimum absolute atomic E-state index is 0.0990. The molecular formula is C17H26N4O3. The number of hydrogen-bond acceptors (Lipinski definition) is 4. The van der Waals surface area contributed by atoms with Gasteiger partial charge in [-0.15, -0.1) is 0 Å². The third-order valence-corrected chi connectivity index (χ3v) is 5.02. The van der Waals surface area contributed by atoms with Crippen LogP contribution in [0.15, 0.2) is 12.4 Å². The second-order valence-corrected chi connectivity index (χ2v) is 7.11. The molecule has 4 rings (SSSR count). The van der Waals surface area contributed by atoms with Gasteiger partial charge < -0.3 is 23.8 Å². The maximum absolute atomic E-state index is 12.9. The molecule has 0 spiro atoms. The number of urea groups is 1. The summed E-state index contributed by atoms with van der Waals surface area (Å²) in [4.78, 5) is 21.2. The molecule has 3 heterocycles. The molecule has 0 N–H and O–H groups in total. The third kappa shape index (κ3) is 3.72. The fourth-order valence-corrected chi connectivity index (χ4v) is 3.43. The Morgan fingerprint density at radius 2 is 1.96 bits per heavy atom. The first-order valence-corrected chi connectivity index (χ1v) is 8.99. The van der Waals surface area contributed by atoms with Gasteiger partial charge in [0, 0.05) is 51.1 Å². The van der Waals surface area contributed by atoms with Gasteiger partial charge in [-0.1, -0.05) is 0 Å². The van der Waals surface area contributed by atoms with Gasteiger partial charge in [0.2, 0.25) is 0 Å². The summed E-state index contributed by atoms with van der Waals surface area (Å²) in [6, 6.07) is 0.0990. The lowest BCUT2D eigenvalue weighted by molar-refractivity contribution is 0.0369. The Labute approximate surface area is 142 Å². The van der Waals surface area contributed by atoms with Gasteiger partial charge in [-0.25, -0.2) is 9.78 Å². The number of carbonyl (C=O) groups is 1. The lowest BCUT2D eigenvalue weighted by Crippen LogP contribution is -2.49. The van der Waals surface area contributed by atoms with Crippen molar-refractivity contribution >= 4 is 6.03 Å². The summed E-state index contributed by atoms with van der Waals surface area (Å²) in [7, 11) is 0. The molecule has 7 heteroatoms. The van der Waals surface area contributed by atoms with Crippen molar-refractivity contribution in [2.45, 2.75) is 25.9 Å². The summed E-state index contributed by atoms with van der Waals surface area (Å²) < 4.78 is 13.4. The van der Waals surface area contributed by atoms with Crippen molar-refractivity contribution in [3.05, 3.63) is 18.2 Å². The van der Waals surface area contributed by atoms with Crippen LogP contribution in [-0.2, 0) is 22.6 Å². The van der Waals surface area contributed by atoms with E-state index in [1.165, 1.54) is 12.8 Å². The third-order valence-electron chi connectivity index (χ3n) is 5.02. The summed E-state index contributed by atoms with van der Waals surface area (Å²) in [5.74, 6) is 2.04. The molecule has 1 saturated heterocycles. The van der Waals surface area contributed by atoms with Gasteiger partial charge in [0.25, 0.3) is 0 Å². The smallest absolute Gasteiger partial charge is 0.320 e. The van der Waals surface area contributed by atoms with Crippen molar-refractivity contribution in [3.63, 3.8) is 0 Å². The largest absolute Gasteiger partial charge is 0.381 e. The molecule has 1 unspecified atom stereocenters. The average molecular weight is 334 g/mol. The van der Waals surface area contributed by atoms with Crippen LogP contribution in [0.4, 0.5) is 4.79 Å². The first-order chi connectivity index (χ1) is 11.8. The number of fused-ring (bicyclic) bond motifs is 1. The van der Waals surface area contributed by atoms with Crippen LogP contribution in [0.5, 0.6) is 0 Å². The zero-order chi connectivity index (χ0) is 16.4. The first-order valence-electron chi connectivity index (χ1n) is 8.99. The molecule has 1 aromatic rings. The standard InChI is InChI=1S/C17H26N4O3/c22-17(19-5-7-23-8-6-19)21-10-15(13-24-12-14-1-2-14)9-20-4-3-18-16(20)11-21/h3-4,14-15H,1-2,5-13H2. The second-order valence-electron chi connectivity index (χ2n) is 7.11. The number of morpholine rings is 1. The van der Waals surface area contributed by atoms with Gasteiger partial charge in [-0.3, -0.25) is 0 Å². The Hall–Kier alpha value is -1.60. The first kappa shape index (κ1) is 15.9. The summed E-state index contributed by atoms with van der Waals surface area (Å²) in [5.41, 5.74) is 0. The SMILES string of the molecule is O=C(N1CCOCC1)N1Cc2nccn2CC(COCC2CC2)C1. The van der Waals surface area contributed by atoms with Crippen LogP contribution >= 0.6 is 0 Å². The summed E-state index contributed by atoms with van der Waals surface area (Å²) in [6.45, 7) is 6.34. The minimum Gasteiger partial charge on any atom is -0.381 e. The molecule has 7 nitrogen and oxygen atoms in total. The number of nitrogens with zero attached hydrogens (tertiary/aromatic N) is 4. The number of imidazole rings is 1. The van der Waals surface area contributed by atoms with Crippen LogP contribution in [0.2, 0.25) is 0 Å². The molecule has 24 heavy (non-hydrogen) atoms. The van der Waals surface area contributed by atoms with Crippen molar-refractivity contribution < 1.29 is 14.3 Å². The molecule has 0 bridgehead atoms. The predicted molar refractivity (Wildman–Crippen MR) is 87.5 cm³/mol. The molecule has 1 atom stereocenters. The van der Waals surface area contributed by atoms with Gasteiger partial charge in [-0.05, 0) is 18.8 Å². The molecule has 1 aliphatic carbocycles. The van der Waals surface area contributed by atoms with E-state index in [2.05, 4.69) is 9.55 Å². The lowest BCUT2D eigenvalue weighted by Gasteiger charge is -2.33. The van der Waals surface area contributed by atoms with E-state index in [4.69, 9.17) is 9.47 Å². The number of rotatable bonds is 4. The van der Waals surface area contributed by atoms with E-state index < -0.39 is 0 Å². The predicted octanol–water partition coefficient (Wildman–Crippen LogP) is 1.19. The number of carbonyl (C=O) groups excluding carboxylic acids is 1. The molecule has 0 radical (unpaired) electrons. The molecule has 2 amide bonds. The monoisotopic (exact) mass is 334 g/mol. The van der Waals surface area contributed by atoms with Gasteiger partial charge in [0.05, 0.1) is 26.4 Å². The van der Waals surface area contributed by atoms with Crippen LogP contribution in [0.25, 0.3) is 0 Å². The second kappa shape index (κ2) is 7.11. The summed E-state index contributed by atoms with van der Waals surface area (Å²) in [6.07, 6.45) is 6.43. The van der Waals surface area contributed by atoms with Crippen molar-refractivity contribution in [3.8, 4) is 0 Å². The highest BCUT2D eigenvalue weighted by Crippen LogP contribution is 2.29. The Balaban J connectivity index is 1.42. The lowest BCUT2D eigenvalue weighted by atomic mass is 10.1. The summed E-state index contributed by atoms with van der Waals surface area (Å²) in [5, 5.41) is 0. The van der Waals surface area contributed by atoms with Crippen molar-refractivity contribution in [1.29, 1.82) is 0 Å². The topological polar surface area (TPSA) is 59.8 Å². The quantitative estimate of drug-likeness (QED) is 0.830. The Kier molecular flexibility index (Phi) is 4.71. The molecule has 3 aliphatic rings. The Bertz CT molecular complexity index is 566. The zero-order valence-electron chi connectivity index (χ0n) is 14.1. The molecule has 132 valence electrons. The van der Waals surface area contributed by atoms with Crippen LogP contribution in [0.1, 0.15) is 18.7 Å². The van der Waals surface area contributed by atoms with Crippen molar-refractivity contribution in [1.82, 2.24) is 19.4 Å². The van der Waals surface area contributed by atoms with E-state index >= 15 is 0 Å². The van der Waals surface area contributed by atoms with Gasteiger partial charge >= 0.3 is 6.03 Å². The van der Waals surface area contributed by atoms with E-state index in [0.717, 1.165) is 31.4 Å². The summed E-state index contributed by atoms with van der Waals surface area (Å²) >= 11 is 0. The van der Waals surface area contributed by atoms with E-state index in [0.29, 0.717) is 45.4 Å². The van der Waals surface area contributed by atoms with Crippen LogP contribution < -0.4 is 0 Å². The number of amides is 2. The number of ether oxygens (including phenoxy) is 2. The molecule has 0 aromatic carbocycles. The number of aromatic nitrogens is 2. The Morgan fingerprint density at radius 1 is 1.17 bits per heavy atom. The maximum Gasteiger partial charge on any atom is 0.320 e. The Morgan fingerprint density at radius 3 is 2.75 bits per heavy atom. The normalized spacial score (nSPS) is 24.6. The van der Waals surface area contributed by atoms with Crippen molar-refractivity contribution in [2.24, 2.45) is 11.8 Å². The molecule has 2 aliphatic heterocycles. The highest BCUT2D eigenvalue weighted by molar-refractivity contribution is 5.74. The molecule has 2 fully saturated rings. The maximum atomic E-state index is 12.9.